The molecule has 2 aliphatic rings. The first-order valence-corrected chi connectivity index (χ1v) is 13.5. The third-order valence-corrected chi connectivity index (χ3v) is 8.01. The number of fused-ring (bicyclic) bond motifs is 1. The summed E-state index contributed by atoms with van der Waals surface area (Å²) in [4.78, 5) is 18.6. The van der Waals surface area contributed by atoms with Crippen LogP contribution in [0.5, 0.6) is 0 Å². The molecule has 2 aromatic carbocycles. The molecule has 1 heterocycles. The van der Waals surface area contributed by atoms with E-state index in [4.69, 9.17) is 4.74 Å². The van der Waals surface area contributed by atoms with E-state index in [1.54, 1.807) is 4.57 Å². The summed E-state index contributed by atoms with van der Waals surface area (Å²) in [5.74, 6) is -3.81. The number of aromatic nitrogens is 2. The zero-order chi connectivity index (χ0) is 26.8. The maximum absolute atomic E-state index is 14.6. The molecule has 1 aromatic heterocycles. The maximum Gasteiger partial charge on any atom is 0.243 e. The number of amides is 1. The van der Waals surface area contributed by atoms with E-state index in [0.29, 0.717) is 0 Å². The summed E-state index contributed by atoms with van der Waals surface area (Å²) >= 11 is 0. The largest absolute Gasteiger partial charge is 0.369 e. The van der Waals surface area contributed by atoms with E-state index >= 15 is 0 Å². The van der Waals surface area contributed by atoms with Crippen LogP contribution in [0, 0.1) is 29.2 Å². The van der Waals surface area contributed by atoms with Gasteiger partial charge in [-0.1, -0.05) is 38.5 Å². The third-order valence-electron chi connectivity index (χ3n) is 8.01. The monoisotopic (exact) mass is 531 g/mol. The number of methoxy groups -OCH3 is 1. The molecular weight excluding hydrogens is 498 g/mol. The summed E-state index contributed by atoms with van der Waals surface area (Å²) in [5, 5.41) is 3.22. The van der Waals surface area contributed by atoms with E-state index in [-0.39, 0.29) is 40.3 Å². The number of imidazole rings is 1. The number of hydrogen-bond donors (Lipinski definition) is 1. The van der Waals surface area contributed by atoms with Gasteiger partial charge in [0.2, 0.25) is 5.91 Å². The summed E-state index contributed by atoms with van der Waals surface area (Å²) in [5.41, 5.74) is 0.536. The molecule has 2 fully saturated rings. The van der Waals surface area contributed by atoms with Crippen molar-refractivity contribution in [3.63, 3.8) is 0 Å². The van der Waals surface area contributed by atoms with Crippen molar-refractivity contribution in [2.24, 2.45) is 5.92 Å². The number of carbonyl (C=O) groups excluding carboxylic acids is 1. The quantitative estimate of drug-likeness (QED) is 0.338. The smallest absolute Gasteiger partial charge is 0.243 e. The van der Waals surface area contributed by atoms with Crippen LogP contribution in [0.4, 0.5) is 17.6 Å². The summed E-state index contributed by atoms with van der Waals surface area (Å²) < 4.78 is 64.6. The average Bonchev–Trinajstić information content (AvgIpc) is 3.23. The number of nitrogens with one attached hydrogen (secondary N) is 1. The molecule has 0 saturated heterocycles. The Kier molecular flexibility index (Phi) is 8.02. The Balaban J connectivity index is 1.68. The fraction of sp³-hybridized carbons (Fsp3) is 0.517. The van der Waals surface area contributed by atoms with Crippen molar-refractivity contribution >= 4 is 16.9 Å². The van der Waals surface area contributed by atoms with Crippen LogP contribution < -0.4 is 5.32 Å². The van der Waals surface area contributed by atoms with E-state index in [9.17, 15) is 22.4 Å². The van der Waals surface area contributed by atoms with E-state index in [1.807, 2.05) is 0 Å². The Morgan fingerprint density at radius 1 is 0.895 bits per heavy atom. The predicted molar refractivity (Wildman–Crippen MR) is 135 cm³/mol. The lowest BCUT2D eigenvalue weighted by Gasteiger charge is -2.34. The molecule has 204 valence electrons. The van der Waals surface area contributed by atoms with Crippen LogP contribution in [0.25, 0.3) is 11.0 Å². The molecule has 5 nitrogen and oxygen atoms in total. The summed E-state index contributed by atoms with van der Waals surface area (Å²) in [6.07, 6.45) is 8.47. The van der Waals surface area contributed by atoms with Crippen LogP contribution in [0.2, 0.25) is 0 Å². The molecule has 0 aliphatic heterocycles. The molecular formula is C29H33F4N3O2. The van der Waals surface area contributed by atoms with E-state index in [1.165, 1.54) is 7.11 Å². The molecule has 1 amide bonds. The fourth-order valence-electron chi connectivity index (χ4n) is 6.23. The lowest BCUT2D eigenvalue weighted by atomic mass is 9.82. The summed E-state index contributed by atoms with van der Waals surface area (Å²) in [6, 6.07) is 4.35. The lowest BCUT2D eigenvalue weighted by Crippen LogP contribution is -2.44. The van der Waals surface area contributed by atoms with Gasteiger partial charge in [-0.2, -0.15) is 0 Å². The molecule has 1 N–H and O–H groups in total. The molecule has 2 unspecified atom stereocenters. The van der Waals surface area contributed by atoms with Crippen molar-refractivity contribution in [1.29, 1.82) is 0 Å². The Bertz CT molecular complexity index is 1280. The van der Waals surface area contributed by atoms with Gasteiger partial charge in [-0.05, 0) is 49.3 Å². The molecule has 2 atom stereocenters. The van der Waals surface area contributed by atoms with Crippen LogP contribution in [0.1, 0.15) is 87.7 Å². The van der Waals surface area contributed by atoms with E-state index in [0.717, 1.165) is 94.5 Å². The molecule has 5 rings (SSSR count). The Morgan fingerprint density at radius 2 is 1.50 bits per heavy atom. The molecule has 9 heteroatoms. The number of hydrogen-bond acceptors (Lipinski definition) is 3. The highest BCUT2D eigenvalue weighted by Gasteiger charge is 2.37. The van der Waals surface area contributed by atoms with Gasteiger partial charge < -0.3 is 14.6 Å². The van der Waals surface area contributed by atoms with Gasteiger partial charge in [0.25, 0.3) is 0 Å². The van der Waals surface area contributed by atoms with Crippen LogP contribution >= 0.6 is 0 Å². The van der Waals surface area contributed by atoms with Gasteiger partial charge in [0.05, 0.1) is 11.0 Å². The van der Waals surface area contributed by atoms with E-state index < -0.39 is 35.4 Å². The predicted octanol–water partition coefficient (Wildman–Crippen LogP) is 6.90. The Labute approximate surface area is 219 Å². The topological polar surface area (TPSA) is 56.2 Å². The molecule has 3 aromatic rings. The Hall–Kier alpha value is -2.94. The minimum atomic E-state index is -1.08. The minimum absolute atomic E-state index is 0.0466. The lowest BCUT2D eigenvalue weighted by molar-refractivity contribution is -0.127. The number of benzene rings is 2. The number of carbonyl (C=O) groups is 1. The van der Waals surface area contributed by atoms with Gasteiger partial charge >= 0.3 is 0 Å². The second kappa shape index (κ2) is 11.4. The highest BCUT2D eigenvalue weighted by Crippen LogP contribution is 2.39. The van der Waals surface area contributed by atoms with Crippen LogP contribution in [-0.4, -0.2) is 28.6 Å². The number of halogens is 4. The second-order valence-electron chi connectivity index (χ2n) is 10.6. The maximum atomic E-state index is 14.6. The van der Waals surface area contributed by atoms with Crippen LogP contribution in [-0.2, 0) is 9.53 Å². The first kappa shape index (κ1) is 26.7. The first-order chi connectivity index (χ1) is 18.4. The Morgan fingerprint density at radius 3 is 2.13 bits per heavy atom. The van der Waals surface area contributed by atoms with Crippen molar-refractivity contribution in [3.8, 4) is 0 Å². The van der Waals surface area contributed by atoms with Crippen LogP contribution in [0.3, 0.4) is 0 Å². The molecule has 0 radical (unpaired) electrons. The van der Waals surface area contributed by atoms with E-state index in [2.05, 4.69) is 10.3 Å². The van der Waals surface area contributed by atoms with Gasteiger partial charge in [-0.15, -0.1) is 0 Å². The van der Waals surface area contributed by atoms with Crippen molar-refractivity contribution < 1.29 is 27.1 Å². The highest BCUT2D eigenvalue weighted by atomic mass is 19.2. The van der Waals surface area contributed by atoms with Gasteiger partial charge in [-0.25, -0.2) is 22.5 Å². The first-order valence-electron chi connectivity index (χ1n) is 13.5. The SMILES string of the molecule is COC(c1cc(F)cc(F)c1)c1nc2cc(F)c(F)cc2n1C(C(=O)NC1CCCCC1)C1CCCCC1. The zero-order valence-corrected chi connectivity index (χ0v) is 21.5. The number of ether oxygens (including phenoxy) is 1. The van der Waals surface area contributed by atoms with Crippen molar-refractivity contribution in [3.05, 3.63) is 65.0 Å². The molecule has 0 spiro atoms. The number of nitrogens with zero attached hydrogens (tertiary/aromatic N) is 2. The molecule has 0 bridgehead atoms. The second-order valence-corrected chi connectivity index (χ2v) is 10.6. The summed E-state index contributed by atoms with van der Waals surface area (Å²) in [7, 11) is 1.37. The van der Waals surface area contributed by atoms with Gasteiger partial charge in [0.1, 0.15) is 29.6 Å². The van der Waals surface area contributed by atoms with Gasteiger partial charge in [-0.3, -0.25) is 4.79 Å². The highest BCUT2D eigenvalue weighted by molar-refractivity contribution is 5.85. The van der Waals surface area contributed by atoms with Gasteiger partial charge in [0, 0.05) is 31.4 Å². The number of rotatable bonds is 7. The van der Waals surface area contributed by atoms with Crippen molar-refractivity contribution in [2.45, 2.75) is 82.4 Å². The minimum Gasteiger partial charge on any atom is -0.369 e. The third kappa shape index (κ3) is 5.44. The standard InChI is InChI=1S/C29H33F4N3O2/c1-38-27(18-12-19(30)14-20(31)13-18)28-35-24-15-22(32)23(33)16-25(24)36(28)26(17-8-4-2-5-9-17)29(37)34-21-10-6-3-7-11-21/h12-17,21,26-27H,2-11H2,1H3,(H,34,37). The molecule has 38 heavy (non-hydrogen) atoms. The molecule has 2 saturated carbocycles. The normalized spacial score (nSPS) is 19.0. The van der Waals surface area contributed by atoms with Crippen LogP contribution in [0.15, 0.2) is 30.3 Å². The average molecular weight is 532 g/mol. The zero-order valence-electron chi connectivity index (χ0n) is 21.5. The van der Waals surface area contributed by atoms with Crippen molar-refractivity contribution in [2.75, 3.05) is 7.11 Å². The molecule has 2 aliphatic carbocycles. The van der Waals surface area contributed by atoms with Crippen molar-refractivity contribution in [1.82, 2.24) is 14.9 Å². The fourth-order valence-corrected chi connectivity index (χ4v) is 6.23. The van der Waals surface area contributed by atoms with Gasteiger partial charge in [0.15, 0.2) is 11.6 Å². The summed E-state index contributed by atoms with van der Waals surface area (Å²) in [6.45, 7) is 0.